The zero-order valence-electron chi connectivity index (χ0n) is 14.2. The van der Waals surface area contributed by atoms with Crippen molar-refractivity contribution in [2.45, 2.75) is 33.9 Å². The first-order valence-electron chi connectivity index (χ1n) is 8.06. The van der Waals surface area contributed by atoms with Gasteiger partial charge in [-0.3, -0.25) is 13.9 Å². The molecule has 2 aromatic carbocycles. The van der Waals surface area contributed by atoms with Gasteiger partial charge in [-0.05, 0) is 50.1 Å². The molecular formula is C19H21N3O2. The van der Waals surface area contributed by atoms with Gasteiger partial charge in [0.15, 0.2) is 0 Å². The summed E-state index contributed by atoms with van der Waals surface area (Å²) in [6, 6.07) is 13.5. The van der Waals surface area contributed by atoms with Crippen LogP contribution in [0.5, 0.6) is 0 Å². The average Bonchev–Trinajstić information content (AvgIpc) is 2.83. The molecule has 0 aliphatic rings. The summed E-state index contributed by atoms with van der Waals surface area (Å²) in [5, 5.41) is 2.91. The van der Waals surface area contributed by atoms with E-state index in [0.29, 0.717) is 6.54 Å². The number of nitrogens with one attached hydrogen (secondary N) is 1. The van der Waals surface area contributed by atoms with Crippen LogP contribution in [0.25, 0.3) is 11.0 Å². The van der Waals surface area contributed by atoms with E-state index in [9.17, 15) is 9.59 Å². The van der Waals surface area contributed by atoms with Crippen LogP contribution < -0.4 is 11.0 Å². The van der Waals surface area contributed by atoms with E-state index in [4.69, 9.17) is 0 Å². The maximum Gasteiger partial charge on any atom is 0.329 e. The second-order valence-electron chi connectivity index (χ2n) is 5.97. The first-order valence-corrected chi connectivity index (χ1v) is 8.06. The monoisotopic (exact) mass is 323 g/mol. The third-order valence-electron chi connectivity index (χ3n) is 4.21. The lowest BCUT2D eigenvalue weighted by molar-refractivity contribution is -0.116. The van der Waals surface area contributed by atoms with Gasteiger partial charge in [0, 0.05) is 12.2 Å². The minimum absolute atomic E-state index is 0.000269. The molecule has 5 heteroatoms. The van der Waals surface area contributed by atoms with Gasteiger partial charge in [0.05, 0.1) is 11.0 Å². The molecule has 0 bridgehead atoms. The first-order chi connectivity index (χ1) is 11.5. The minimum Gasteiger partial charge on any atom is -0.324 e. The highest BCUT2D eigenvalue weighted by Gasteiger charge is 2.14. The molecule has 0 aliphatic heterocycles. The topological polar surface area (TPSA) is 56.0 Å². The highest BCUT2D eigenvalue weighted by atomic mass is 16.2. The molecule has 5 nitrogen and oxygen atoms in total. The van der Waals surface area contributed by atoms with Crippen LogP contribution in [-0.2, 0) is 17.9 Å². The highest BCUT2D eigenvalue weighted by molar-refractivity contribution is 5.92. The van der Waals surface area contributed by atoms with E-state index in [0.717, 1.165) is 27.8 Å². The van der Waals surface area contributed by atoms with Gasteiger partial charge in [-0.15, -0.1) is 0 Å². The second kappa shape index (κ2) is 6.35. The van der Waals surface area contributed by atoms with Gasteiger partial charge < -0.3 is 5.32 Å². The number of rotatable bonds is 4. The first kappa shape index (κ1) is 16.1. The van der Waals surface area contributed by atoms with Crippen molar-refractivity contribution in [2.24, 2.45) is 0 Å². The zero-order valence-corrected chi connectivity index (χ0v) is 14.2. The number of nitrogens with zero attached hydrogens (tertiary/aromatic N) is 2. The van der Waals surface area contributed by atoms with E-state index in [1.807, 2.05) is 63.2 Å². The number of para-hydroxylation sites is 2. The van der Waals surface area contributed by atoms with Gasteiger partial charge in [-0.25, -0.2) is 4.79 Å². The maximum atomic E-state index is 12.6. The Morgan fingerprint density at radius 1 is 1.04 bits per heavy atom. The minimum atomic E-state index is -0.204. The largest absolute Gasteiger partial charge is 0.329 e. The number of aryl methyl sites for hydroxylation is 3. The number of carbonyl (C=O) groups excluding carboxylic acids is 1. The molecule has 1 N–H and O–H groups in total. The van der Waals surface area contributed by atoms with Crippen molar-refractivity contribution < 1.29 is 4.79 Å². The van der Waals surface area contributed by atoms with Gasteiger partial charge in [-0.1, -0.05) is 24.3 Å². The molecule has 0 fully saturated rings. The summed E-state index contributed by atoms with van der Waals surface area (Å²) < 4.78 is 3.21. The van der Waals surface area contributed by atoms with E-state index >= 15 is 0 Å². The molecule has 124 valence electrons. The van der Waals surface area contributed by atoms with Crippen molar-refractivity contribution in [2.75, 3.05) is 5.32 Å². The van der Waals surface area contributed by atoms with E-state index in [2.05, 4.69) is 5.32 Å². The molecule has 1 heterocycles. The van der Waals surface area contributed by atoms with Gasteiger partial charge in [0.2, 0.25) is 5.91 Å². The molecule has 3 rings (SSSR count). The van der Waals surface area contributed by atoms with E-state index in [1.54, 1.807) is 4.57 Å². The van der Waals surface area contributed by atoms with Crippen LogP contribution in [-0.4, -0.2) is 15.0 Å². The SMILES string of the molecule is CCn1c(=O)n(CC(=O)Nc2cc(C)ccc2C)c2ccccc21. The van der Waals surface area contributed by atoms with Crippen LogP contribution in [0.15, 0.2) is 47.3 Å². The number of amides is 1. The number of benzene rings is 2. The number of imidazole rings is 1. The second-order valence-corrected chi connectivity index (χ2v) is 5.97. The molecule has 0 spiro atoms. The van der Waals surface area contributed by atoms with Crippen LogP contribution in [0.4, 0.5) is 5.69 Å². The Balaban J connectivity index is 1.93. The molecule has 0 saturated carbocycles. The van der Waals surface area contributed by atoms with E-state index < -0.39 is 0 Å². The smallest absolute Gasteiger partial charge is 0.324 e. The lowest BCUT2D eigenvalue weighted by atomic mass is 10.1. The summed E-state index contributed by atoms with van der Waals surface area (Å²) in [5.41, 5.74) is 4.33. The Morgan fingerprint density at radius 2 is 1.71 bits per heavy atom. The molecule has 0 unspecified atom stereocenters. The van der Waals surface area contributed by atoms with E-state index in [-0.39, 0.29) is 18.1 Å². The van der Waals surface area contributed by atoms with Crippen LogP contribution in [0.1, 0.15) is 18.1 Å². The van der Waals surface area contributed by atoms with Gasteiger partial charge in [-0.2, -0.15) is 0 Å². The lowest BCUT2D eigenvalue weighted by Gasteiger charge is -2.10. The Bertz CT molecular complexity index is 966. The number of hydrogen-bond donors (Lipinski definition) is 1. The molecule has 0 saturated heterocycles. The van der Waals surface area contributed by atoms with Crippen molar-refractivity contribution in [3.05, 3.63) is 64.1 Å². The summed E-state index contributed by atoms with van der Waals surface area (Å²) in [5.74, 6) is -0.204. The number of hydrogen-bond acceptors (Lipinski definition) is 2. The molecule has 0 aliphatic carbocycles. The number of aromatic nitrogens is 2. The van der Waals surface area contributed by atoms with Gasteiger partial charge >= 0.3 is 5.69 Å². The fraction of sp³-hybridized carbons (Fsp3) is 0.263. The predicted octanol–water partition coefficient (Wildman–Crippen LogP) is 3.08. The van der Waals surface area contributed by atoms with Crippen LogP contribution in [0.2, 0.25) is 0 Å². The molecule has 1 amide bonds. The summed E-state index contributed by atoms with van der Waals surface area (Å²) >= 11 is 0. The van der Waals surface area contributed by atoms with E-state index in [1.165, 1.54) is 4.57 Å². The number of fused-ring (bicyclic) bond motifs is 1. The Kier molecular flexibility index (Phi) is 4.25. The average molecular weight is 323 g/mol. The summed E-state index contributed by atoms with van der Waals surface area (Å²) in [6.45, 7) is 6.43. The standard InChI is InChI=1S/C19H21N3O2/c1-4-21-16-7-5-6-8-17(16)22(19(21)24)12-18(23)20-15-11-13(2)9-10-14(15)3/h5-11H,4,12H2,1-3H3,(H,20,23). The maximum absolute atomic E-state index is 12.6. The molecular weight excluding hydrogens is 302 g/mol. The number of anilines is 1. The Morgan fingerprint density at radius 3 is 2.38 bits per heavy atom. The third kappa shape index (κ3) is 2.85. The molecule has 0 radical (unpaired) electrons. The van der Waals surface area contributed by atoms with Gasteiger partial charge in [0.25, 0.3) is 0 Å². The summed E-state index contributed by atoms with van der Waals surface area (Å²) in [6.07, 6.45) is 0. The van der Waals surface area contributed by atoms with Crippen molar-refractivity contribution in [1.82, 2.24) is 9.13 Å². The van der Waals surface area contributed by atoms with Crippen LogP contribution in [0.3, 0.4) is 0 Å². The van der Waals surface area contributed by atoms with Crippen molar-refractivity contribution in [3.8, 4) is 0 Å². The fourth-order valence-electron chi connectivity index (χ4n) is 2.93. The number of carbonyl (C=O) groups is 1. The molecule has 3 aromatic rings. The predicted molar refractivity (Wildman–Crippen MR) is 96.4 cm³/mol. The zero-order chi connectivity index (χ0) is 17.3. The summed E-state index contributed by atoms with van der Waals surface area (Å²) in [4.78, 5) is 25.0. The Hall–Kier alpha value is -2.82. The molecule has 24 heavy (non-hydrogen) atoms. The van der Waals surface area contributed by atoms with Gasteiger partial charge in [0.1, 0.15) is 6.54 Å². The van der Waals surface area contributed by atoms with Crippen LogP contribution in [0, 0.1) is 13.8 Å². The quantitative estimate of drug-likeness (QED) is 0.802. The fourth-order valence-corrected chi connectivity index (χ4v) is 2.93. The van der Waals surface area contributed by atoms with Crippen LogP contribution >= 0.6 is 0 Å². The molecule has 1 aromatic heterocycles. The van der Waals surface area contributed by atoms with Crippen molar-refractivity contribution in [3.63, 3.8) is 0 Å². The normalized spacial score (nSPS) is 11.0. The highest BCUT2D eigenvalue weighted by Crippen LogP contribution is 2.17. The third-order valence-corrected chi connectivity index (χ3v) is 4.21. The van der Waals surface area contributed by atoms with Crippen molar-refractivity contribution in [1.29, 1.82) is 0 Å². The summed E-state index contributed by atoms with van der Waals surface area (Å²) in [7, 11) is 0. The molecule has 0 atom stereocenters. The Labute approximate surface area is 140 Å². The lowest BCUT2D eigenvalue weighted by Crippen LogP contribution is -2.29. The van der Waals surface area contributed by atoms with Crippen molar-refractivity contribution >= 4 is 22.6 Å².